The van der Waals surface area contributed by atoms with Gasteiger partial charge in [0.25, 0.3) is 0 Å². The summed E-state index contributed by atoms with van der Waals surface area (Å²) < 4.78 is 12.8. The number of nitrogens with one attached hydrogen (secondary N) is 1. The van der Waals surface area contributed by atoms with Gasteiger partial charge in [-0.3, -0.25) is 4.21 Å². The summed E-state index contributed by atoms with van der Waals surface area (Å²) in [7, 11) is 0.977. The highest BCUT2D eigenvalue weighted by molar-refractivity contribution is 7.84. The first-order chi connectivity index (χ1) is 10.2. The van der Waals surface area contributed by atoms with Crippen molar-refractivity contribution in [3.8, 4) is 0 Å². The molecule has 0 saturated heterocycles. The Morgan fingerprint density at radius 2 is 1.90 bits per heavy atom. The van der Waals surface area contributed by atoms with E-state index in [9.17, 15) is 4.21 Å². The second-order valence-electron chi connectivity index (χ2n) is 5.32. The topological polar surface area (TPSA) is 29.1 Å². The van der Waals surface area contributed by atoms with Crippen LogP contribution in [0.25, 0.3) is 0 Å². The Bertz CT molecular complexity index is 673. The van der Waals surface area contributed by atoms with Gasteiger partial charge >= 0.3 is 0 Å². The summed E-state index contributed by atoms with van der Waals surface area (Å²) in [5, 5.41) is 4.12. The second kappa shape index (κ2) is 6.30. The average molecular weight is 320 g/mol. The highest BCUT2D eigenvalue weighted by Crippen LogP contribution is 2.35. The molecule has 110 valence electrons. The van der Waals surface area contributed by atoms with Gasteiger partial charge in [0.15, 0.2) is 0 Å². The Morgan fingerprint density at radius 1 is 1.19 bits per heavy atom. The number of halogens is 1. The first-order valence-corrected chi connectivity index (χ1v) is 8.82. The number of rotatable bonds is 4. The smallest absolute Gasteiger partial charge is 0.0586 e. The van der Waals surface area contributed by atoms with Gasteiger partial charge in [0.1, 0.15) is 0 Å². The van der Waals surface area contributed by atoms with E-state index in [1.54, 1.807) is 0 Å². The molecule has 0 fully saturated rings. The van der Waals surface area contributed by atoms with Crippen molar-refractivity contribution in [2.75, 3.05) is 7.05 Å². The SMILES string of the molecule is CNC1c2ccccc2CC1S(=O)Cc1ccccc1Cl. The Balaban J connectivity index is 1.82. The Hall–Kier alpha value is -1.16. The molecular weight excluding hydrogens is 302 g/mol. The summed E-state index contributed by atoms with van der Waals surface area (Å²) >= 11 is 6.18. The van der Waals surface area contributed by atoms with Gasteiger partial charge in [-0.05, 0) is 36.2 Å². The van der Waals surface area contributed by atoms with E-state index in [4.69, 9.17) is 11.6 Å². The van der Waals surface area contributed by atoms with Crippen molar-refractivity contribution in [3.05, 3.63) is 70.2 Å². The molecule has 3 unspecified atom stereocenters. The van der Waals surface area contributed by atoms with Crippen LogP contribution in [0.2, 0.25) is 5.02 Å². The van der Waals surface area contributed by atoms with Crippen LogP contribution < -0.4 is 5.32 Å². The molecule has 0 amide bonds. The number of hydrogen-bond donors (Lipinski definition) is 1. The van der Waals surface area contributed by atoms with Crippen LogP contribution in [0.3, 0.4) is 0 Å². The highest BCUT2D eigenvalue weighted by Gasteiger charge is 2.35. The summed E-state index contributed by atoms with van der Waals surface area (Å²) in [5.41, 5.74) is 3.54. The molecule has 0 saturated carbocycles. The lowest BCUT2D eigenvalue weighted by molar-refractivity contribution is 0.580. The van der Waals surface area contributed by atoms with Crippen molar-refractivity contribution >= 4 is 22.4 Å². The molecule has 2 aromatic carbocycles. The first-order valence-electron chi connectivity index (χ1n) is 7.06. The van der Waals surface area contributed by atoms with Gasteiger partial charge in [0.2, 0.25) is 0 Å². The fourth-order valence-corrected chi connectivity index (χ4v) is 5.03. The third-order valence-electron chi connectivity index (χ3n) is 4.09. The maximum absolute atomic E-state index is 12.8. The number of hydrogen-bond acceptors (Lipinski definition) is 2. The van der Waals surface area contributed by atoms with Crippen molar-refractivity contribution in [2.24, 2.45) is 0 Å². The van der Waals surface area contributed by atoms with Crippen LogP contribution in [0.1, 0.15) is 22.7 Å². The van der Waals surface area contributed by atoms with Gasteiger partial charge in [-0.25, -0.2) is 0 Å². The van der Waals surface area contributed by atoms with E-state index in [2.05, 4.69) is 17.4 Å². The molecule has 0 heterocycles. The molecule has 0 spiro atoms. The Labute approximate surface area is 133 Å². The van der Waals surface area contributed by atoms with E-state index >= 15 is 0 Å². The van der Waals surface area contributed by atoms with Crippen LogP contribution >= 0.6 is 11.6 Å². The Kier molecular flexibility index (Phi) is 4.43. The lowest BCUT2D eigenvalue weighted by Crippen LogP contribution is -2.30. The molecule has 0 bridgehead atoms. The van der Waals surface area contributed by atoms with Gasteiger partial charge in [0, 0.05) is 21.9 Å². The first kappa shape index (κ1) is 14.8. The lowest BCUT2D eigenvalue weighted by Gasteiger charge is -2.19. The minimum atomic E-state index is -0.960. The van der Waals surface area contributed by atoms with E-state index in [0.29, 0.717) is 10.8 Å². The maximum Gasteiger partial charge on any atom is 0.0586 e. The third kappa shape index (κ3) is 2.91. The lowest BCUT2D eigenvalue weighted by atomic mass is 10.1. The predicted octanol–water partition coefficient (Wildman–Crippen LogP) is 3.47. The molecule has 1 N–H and O–H groups in total. The largest absolute Gasteiger partial charge is 0.312 e. The molecule has 0 aromatic heterocycles. The summed E-state index contributed by atoms with van der Waals surface area (Å²) in [5.74, 6) is 0.510. The molecule has 3 atom stereocenters. The zero-order valence-electron chi connectivity index (χ0n) is 11.9. The van der Waals surface area contributed by atoms with Crippen molar-refractivity contribution in [1.82, 2.24) is 5.32 Å². The normalized spacial score (nSPS) is 22.0. The molecule has 4 heteroatoms. The van der Waals surface area contributed by atoms with Gasteiger partial charge in [-0.2, -0.15) is 0 Å². The number of fused-ring (bicyclic) bond motifs is 1. The molecule has 0 aliphatic heterocycles. The fourth-order valence-electron chi connectivity index (χ4n) is 3.02. The molecule has 0 radical (unpaired) electrons. The van der Waals surface area contributed by atoms with Crippen LogP contribution in [0.15, 0.2) is 48.5 Å². The average Bonchev–Trinajstić information content (AvgIpc) is 2.88. The quantitative estimate of drug-likeness (QED) is 0.935. The molecule has 3 rings (SSSR count). The Morgan fingerprint density at radius 3 is 2.67 bits per heavy atom. The fraction of sp³-hybridized carbons (Fsp3) is 0.294. The van der Waals surface area contributed by atoms with Crippen molar-refractivity contribution in [3.63, 3.8) is 0 Å². The van der Waals surface area contributed by atoms with Crippen LogP contribution in [-0.2, 0) is 23.0 Å². The molecule has 2 aromatic rings. The van der Waals surface area contributed by atoms with Crippen LogP contribution in [0.5, 0.6) is 0 Å². The van der Waals surface area contributed by atoms with Gasteiger partial charge < -0.3 is 5.32 Å². The maximum atomic E-state index is 12.8. The monoisotopic (exact) mass is 319 g/mol. The zero-order chi connectivity index (χ0) is 14.8. The van der Waals surface area contributed by atoms with E-state index in [-0.39, 0.29) is 11.3 Å². The van der Waals surface area contributed by atoms with E-state index in [1.165, 1.54) is 11.1 Å². The standard InChI is InChI=1S/C17H18ClNOS/c1-19-17-14-8-4-2-6-12(14)10-16(17)21(20)11-13-7-3-5-9-15(13)18/h2-9,16-17,19H,10-11H2,1H3. The molecular formula is C17H18ClNOS. The molecule has 1 aliphatic rings. The van der Waals surface area contributed by atoms with E-state index in [1.807, 2.05) is 43.4 Å². The third-order valence-corrected chi connectivity index (χ3v) is 6.17. The molecule has 21 heavy (non-hydrogen) atoms. The molecule has 1 aliphatic carbocycles. The van der Waals surface area contributed by atoms with Crippen molar-refractivity contribution in [2.45, 2.75) is 23.5 Å². The van der Waals surface area contributed by atoms with Gasteiger partial charge in [-0.15, -0.1) is 0 Å². The summed E-state index contributed by atoms with van der Waals surface area (Å²) in [6.07, 6.45) is 0.860. The van der Waals surface area contributed by atoms with Crippen LogP contribution in [0, 0.1) is 0 Å². The molecule has 2 nitrogen and oxygen atoms in total. The van der Waals surface area contributed by atoms with Gasteiger partial charge in [0.05, 0.1) is 11.0 Å². The van der Waals surface area contributed by atoms with Gasteiger partial charge in [-0.1, -0.05) is 54.1 Å². The summed E-state index contributed by atoms with van der Waals surface area (Å²) in [6, 6.07) is 16.2. The minimum Gasteiger partial charge on any atom is -0.312 e. The van der Waals surface area contributed by atoms with Crippen LogP contribution in [0.4, 0.5) is 0 Å². The van der Waals surface area contributed by atoms with Crippen molar-refractivity contribution < 1.29 is 4.21 Å². The second-order valence-corrected chi connectivity index (χ2v) is 7.39. The summed E-state index contributed by atoms with van der Waals surface area (Å²) in [4.78, 5) is 0. The summed E-state index contributed by atoms with van der Waals surface area (Å²) in [6.45, 7) is 0. The van der Waals surface area contributed by atoms with E-state index in [0.717, 1.165) is 12.0 Å². The number of benzene rings is 2. The zero-order valence-corrected chi connectivity index (χ0v) is 13.5. The minimum absolute atomic E-state index is 0.101. The predicted molar refractivity (Wildman–Crippen MR) is 89.0 cm³/mol. The highest BCUT2D eigenvalue weighted by atomic mass is 35.5. The van der Waals surface area contributed by atoms with Crippen molar-refractivity contribution in [1.29, 1.82) is 0 Å². The van der Waals surface area contributed by atoms with Crippen LogP contribution in [-0.4, -0.2) is 16.5 Å². The van der Waals surface area contributed by atoms with E-state index < -0.39 is 10.8 Å².